The molecular formula is C9H18NO6P. The minimum absolute atomic E-state index is 0.0131. The van der Waals surface area contributed by atoms with Crippen LogP contribution in [-0.4, -0.2) is 35.1 Å². The molecule has 0 aromatic rings. The van der Waals surface area contributed by atoms with Crippen molar-refractivity contribution >= 4 is 20.0 Å². The van der Waals surface area contributed by atoms with Crippen LogP contribution in [0.2, 0.25) is 0 Å². The number of hydrogen-bond acceptors (Lipinski definition) is 4. The summed E-state index contributed by atoms with van der Waals surface area (Å²) in [5.74, 6) is -0.510. The Morgan fingerprint density at radius 1 is 1.47 bits per heavy atom. The Balaban J connectivity index is 3.74. The van der Waals surface area contributed by atoms with Crippen LogP contribution in [0.15, 0.2) is 0 Å². The first-order chi connectivity index (χ1) is 7.76. The lowest BCUT2D eigenvalue weighted by atomic mass is 9.98. The van der Waals surface area contributed by atoms with Gasteiger partial charge in [-0.25, -0.2) is 4.57 Å². The summed E-state index contributed by atoms with van der Waals surface area (Å²) >= 11 is 0. The van der Waals surface area contributed by atoms with E-state index >= 15 is 0 Å². The van der Waals surface area contributed by atoms with Crippen LogP contribution < -0.4 is 5.32 Å². The maximum Gasteiger partial charge on any atom is 0.469 e. The van der Waals surface area contributed by atoms with E-state index in [2.05, 4.69) is 9.84 Å². The minimum Gasteiger partial charge on any atom is -0.356 e. The molecule has 0 heterocycles. The summed E-state index contributed by atoms with van der Waals surface area (Å²) in [6, 6.07) is 0. The third kappa shape index (κ3) is 9.00. The van der Waals surface area contributed by atoms with Gasteiger partial charge >= 0.3 is 7.82 Å². The van der Waals surface area contributed by atoms with E-state index in [0.717, 1.165) is 6.29 Å². The van der Waals surface area contributed by atoms with Crippen molar-refractivity contribution in [1.82, 2.24) is 5.32 Å². The molecule has 100 valence electrons. The third-order valence-electron chi connectivity index (χ3n) is 2.32. The van der Waals surface area contributed by atoms with Crippen LogP contribution in [0.25, 0.3) is 0 Å². The lowest BCUT2D eigenvalue weighted by Crippen LogP contribution is -2.31. The van der Waals surface area contributed by atoms with Crippen LogP contribution in [-0.2, 0) is 18.7 Å². The molecule has 0 aliphatic heterocycles. The lowest BCUT2D eigenvalue weighted by molar-refractivity contribution is -0.122. The highest BCUT2D eigenvalue weighted by Crippen LogP contribution is 2.35. The predicted molar refractivity (Wildman–Crippen MR) is 60.0 cm³/mol. The molecule has 3 N–H and O–H groups in total. The average Bonchev–Trinajstić information content (AvgIpc) is 2.22. The van der Waals surface area contributed by atoms with Crippen molar-refractivity contribution in [2.75, 3.05) is 13.2 Å². The number of carbonyl (C=O) groups excluding carboxylic acids is 2. The molecule has 0 radical (unpaired) electrons. The van der Waals surface area contributed by atoms with Crippen molar-refractivity contribution in [3.05, 3.63) is 0 Å². The number of rotatable bonds is 8. The number of carbonyl (C=O) groups is 2. The summed E-state index contributed by atoms with van der Waals surface area (Å²) < 4.78 is 14.4. The Kier molecular flexibility index (Phi) is 7.22. The van der Waals surface area contributed by atoms with Crippen LogP contribution in [0.1, 0.15) is 20.3 Å². The van der Waals surface area contributed by atoms with E-state index in [1.165, 1.54) is 0 Å². The average molecular weight is 267 g/mol. The Morgan fingerprint density at radius 2 is 2.06 bits per heavy atom. The quantitative estimate of drug-likeness (QED) is 0.424. The molecule has 17 heavy (non-hydrogen) atoms. The highest BCUT2D eigenvalue weighted by Gasteiger charge is 2.15. The Bertz CT molecular complexity index is 302. The van der Waals surface area contributed by atoms with Crippen molar-refractivity contribution in [3.8, 4) is 0 Å². The van der Waals surface area contributed by atoms with E-state index in [1.54, 1.807) is 6.92 Å². The highest BCUT2D eigenvalue weighted by molar-refractivity contribution is 7.46. The lowest BCUT2D eigenvalue weighted by Gasteiger charge is -2.15. The minimum atomic E-state index is -4.51. The van der Waals surface area contributed by atoms with Gasteiger partial charge in [0.1, 0.15) is 6.29 Å². The van der Waals surface area contributed by atoms with Gasteiger partial charge in [0.2, 0.25) is 5.91 Å². The highest BCUT2D eigenvalue weighted by atomic mass is 31.2. The van der Waals surface area contributed by atoms with Crippen LogP contribution >= 0.6 is 7.82 Å². The molecule has 8 heteroatoms. The molecule has 0 rings (SSSR count). The first-order valence-electron chi connectivity index (χ1n) is 5.18. The number of nitrogens with one attached hydrogen (secondary N) is 1. The van der Waals surface area contributed by atoms with Gasteiger partial charge in [0.15, 0.2) is 0 Å². The summed E-state index contributed by atoms with van der Waals surface area (Å²) in [6.45, 7) is 3.58. The van der Waals surface area contributed by atoms with Crippen molar-refractivity contribution in [2.24, 2.45) is 11.8 Å². The fourth-order valence-electron chi connectivity index (χ4n) is 0.940. The molecule has 0 bridgehead atoms. The summed E-state index contributed by atoms with van der Waals surface area (Å²) in [5, 5.41) is 2.55. The second-order valence-electron chi connectivity index (χ2n) is 3.85. The van der Waals surface area contributed by atoms with Gasteiger partial charge in [0.25, 0.3) is 0 Å². The van der Waals surface area contributed by atoms with Gasteiger partial charge < -0.3 is 19.9 Å². The van der Waals surface area contributed by atoms with Crippen molar-refractivity contribution < 1.29 is 28.5 Å². The maximum atomic E-state index is 11.2. The van der Waals surface area contributed by atoms with Gasteiger partial charge in [-0.15, -0.1) is 0 Å². The van der Waals surface area contributed by atoms with Crippen LogP contribution in [0.4, 0.5) is 0 Å². The number of phosphoric ester groups is 1. The zero-order chi connectivity index (χ0) is 13.5. The smallest absolute Gasteiger partial charge is 0.356 e. The zero-order valence-electron chi connectivity index (χ0n) is 9.83. The summed E-state index contributed by atoms with van der Waals surface area (Å²) in [6.07, 6.45) is 0.682. The number of phosphoric acid groups is 1. The molecule has 0 saturated heterocycles. The summed E-state index contributed by atoms with van der Waals surface area (Å²) in [5.41, 5.74) is 0. The fourth-order valence-corrected chi connectivity index (χ4v) is 1.27. The second kappa shape index (κ2) is 7.55. The van der Waals surface area contributed by atoms with E-state index in [0.29, 0.717) is 6.54 Å². The van der Waals surface area contributed by atoms with Crippen molar-refractivity contribution in [3.63, 3.8) is 0 Å². The van der Waals surface area contributed by atoms with Gasteiger partial charge in [-0.05, 0) is 5.92 Å². The number of aldehydes is 1. The van der Waals surface area contributed by atoms with Crippen LogP contribution in [0, 0.1) is 11.8 Å². The van der Waals surface area contributed by atoms with Crippen molar-refractivity contribution in [1.29, 1.82) is 0 Å². The molecule has 7 nitrogen and oxygen atoms in total. The molecule has 0 aromatic carbocycles. The Labute approximate surface area is 99.8 Å². The molecule has 2 unspecified atom stereocenters. The maximum absolute atomic E-state index is 11.2. The van der Waals surface area contributed by atoms with Crippen molar-refractivity contribution in [2.45, 2.75) is 20.3 Å². The van der Waals surface area contributed by atoms with E-state index in [-0.39, 0.29) is 30.8 Å². The Hall–Kier alpha value is -0.750. The second-order valence-corrected chi connectivity index (χ2v) is 5.09. The molecule has 0 fully saturated rings. The van der Waals surface area contributed by atoms with E-state index in [1.807, 2.05) is 6.92 Å². The van der Waals surface area contributed by atoms with E-state index in [9.17, 15) is 14.2 Å². The molecule has 0 spiro atoms. The topological polar surface area (TPSA) is 113 Å². The van der Waals surface area contributed by atoms with E-state index in [4.69, 9.17) is 9.79 Å². The summed E-state index contributed by atoms with van der Waals surface area (Å²) in [7, 11) is -4.51. The van der Waals surface area contributed by atoms with E-state index < -0.39 is 7.82 Å². The summed E-state index contributed by atoms with van der Waals surface area (Å²) in [4.78, 5) is 38.4. The molecule has 0 aromatic heterocycles. The van der Waals surface area contributed by atoms with Gasteiger partial charge in [-0.1, -0.05) is 13.8 Å². The largest absolute Gasteiger partial charge is 0.469 e. The fraction of sp³-hybridized carbons (Fsp3) is 0.778. The molecule has 2 atom stereocenters. The predicted octanol–water partition coefficient (Wildman–Crippen LogP) is 0.0731. The standard InChI is InChI=1S/C9H18NO6P/c1-7(8(2)6-11)5-10-9(12)3-4-16-17(13,14)15/h6-8H,3-5H2,1-2H3,(H,10,12)(H2,13,14,15). The first-order valence-corrected chi connectivity index (χ1v) is 6.71. The van der Waals surface area contributed by atoms with Crippen LogP contribution in [0.5, 0.6) is 0 Å². The molecule has 0 saturated carbocycles. The SMILES string of the molecule is CC(C=O)C(C)CNC(=O)CCOP(=O)(O)O. The normalized spacial score (nSPS) is 15.1. The number of hydrogen-bond donors (Lipinski definition) is 3. The molecule has 1 amide bonds. The van der Waals surface area contributed by atoms with Gasteiger partial charge in [-0.3, -0.25) is 9.32 Å². The molecule has 0 aliphatic carbocycles. The van der Waals surface area contributed by atoms with Gasteiger partial charge in [0.05, 0.1) is 13.0 Å². The van der Waals surface area contributed by atoms with Gasteiger partial charge in [-0.2, -0.15) is 0 Å². The molecular weight excluding hydrogens is 249 g/mol. The van der Waals surface area contributed by atoms with Crippen LogP contribution in [0.3, 0.4) is 0 Å². The third-order valence-corrected chi connectivity index (χ3v) is 2.84. The Morgan fingerprint density at radius 3 is 2.53 bits per heavy atom. The monoisotopic (exact) mass is 267 g/mol. The number of amides is 1. The first kappa shape index (κ1) is 16.2. The molecule has 0 aliphatic rings. The zero-order valence-corrected chi connectivity index (χ0v) is 10.7. The van der Waals surface area contributed by atoms with Gasteiger partial charge in [0, 0.05) is 12.5 Å².